The molecule has 6 rings (SSSR count). The zero-order valence-corrected chi connectivity index (χ0v) is 25.3. The number of hydrogen-bond acceptors (Lipinski definition) is 11. The molecule has 2 aliphatic heterocycles. The van der Waals surface area contributed by atoms with Crippen LogP contribution in [0, 0.1) is 10.1 Å². The van der Waals surface area contributed by atoms with Gasteiger partial charge in [0.1, 0.15) is 6.61 Å². The first kappa shape index (κ1) is 29.6. The molecule has 4 aromatic rings. The van der Waals surface area contributed by atoms with Gasteiger partial charge in [0.2, 0.25) is 6.79 Å². The first-order valence-corrected chi connectivity index (χ1v) is 14.7. The van der Waals surface area contributed by atoms with Gasteiger partial charge in [-0.3, -0.25) is 19.5 Å². The van der Waals surface area contributed by atoms with Crippen molar-refractivity contribution < 1.29 is 33.4 Å². The molecule has 3 aromatic carbocycles. The second-order valence-corrected chi connectivity index (χ2v) is 11.0. The van der Waals surface area contributed by atoms with Gasteiger partial charge in [0, 0.05) is 12.1 Å². The Morgan fingerprint density at radius 1 is 1.11 bits per heavy atom. The summed E-state index contributed by atoms with van der Waals surface area (Å²) in [6.45, 7) is 3.88. The van der Waals surface area contributed by atoms with Crippen molar-refractivity contribution in [3.63, 3.8) is 0 Å². The van der Waals surface area contributed by atoms with E-state index in [0.717, 1.165) is 5.56 Å². The molecule has 0 saturated carbocycles. The number of nitrogens with zero attached hydrogens (tertiary/aromatic N) is 3. The maximum absolute atomic E-state index is 14.0. The van der Waals surface area contributed by atoms with E-state index in [-0.39, 0.29) is 36.8 Å². The molecular weight excluding hydrogens is 602 g/mol. The van der Waals surface area contributed by atoms with Gasteiger partial charge in [-0.05, 0) is 73.0 Å². The summed E-state index contributed by atoms with van der Waals surface area (Å²) in [4.78, 5) is 42.6. The maximum atomic E-state index is 14.0. The monoisotopic (exact) mass is 629 g/mol. The zero-order valence-electron chi connectivity index (χ0n) is 24.5. The highest BCUT2D eigenvalue weighted by atomic mass is 32.1. The number of non-ortho nitro benzene ring substituents is 1. The summed E-state index contributed by atoms with van der Waals surface area (Å²) in [6.07, 6.45) is 1.73. The van der Waals surface area contributed by atoms with E-state index in [2.05, 4.69) is 4.99 Å². The highest BCUT2D eigenvalue weighted by Gasteiger charge is 2.34. The molecule has 3 heterocycles. The maximum Gasteiger partial charge on any atom is 0.338 e. The molecule has 2 aliphatic rings. The summed E-state index contributed by atoms with van der Waals surface area (Å²) in [6, 6.07) is 15.9. The number of aromatic nitrogens is 1. The minimum Gasteiger partial charge on any atom is -0.493 e. The molecule has 0 N–H and O–H groups in total. The predicted molar refractivity (Wildman–Crippen MR) is 163 cm³/mol. The Bertz CT molecular complexity index is 2030. The molecule has 12 nitrogen and oxygen atoms in total. The molecule has 0 aliphatic carbocycles. The van der Waals surface area contributed by atoms with Crippen molar-refractivity contribution in [3.05, 3.63) is 118 Å². The van der Waals surface area contributed by atoms with Crippen LogP contribution in [0.25, 0.3) is 6.08 Å². The van der Waals surface area contributed by atoms with Crippen LogP contribution in [0.4, 0.5) is 5.69 Å². The third kappa shape index (κ3) is 5.77. The minimum atomic E-state index is -0.790. The molecule has 230 valence electrons. The SMILES string of the molecule is CCOC(=O)C1=C(C)N=c2s/c(=C/c3ccc(OCc4ccc([N+](=O)[O-])cc4)c(OC)c3)c(=O)n2C1c1ccc2c(c1)OCO2. The van der Waals surface area contributed by atoms with Gasteiger partial charge in [0.25, 0.3) is 11.2 Å². The number of hydrogen-bond donors (Lipinski definition) is 0. The van der Waals surface area contributed by atoms with Crippen LogP contribution in [0.15, 0.2) is 81.7 Å². The lowest BCUT2D eigenvalue weighted by Gasteiger charge is -2.24. The fourth-order valence-electron chi connectivity index (χ4n) is 5.11. The van der Waals surface area contributed by atoms with E-state index in [1.165, 1.54) is 35.1 Å². The minimum absolute atomic E-state index is 0.000420. The summed E-state index contributed by atoms with van der Waals surface area (Å²) in [7, 11) is 1.51. The number of nitro groups is 1. The van der Waals surface area contributed by atoms with E-state index in [1.807, 2.05) is 0 Å². The van der Waals surface area contributed by atoms with Crippen molar-refractivity contribution >= 4 is 29.1 Å². The summed E-state index contributed by atoms with van der Waals surface area (Å²) in [5, 5.41) is 10.9. The molecule has 1 atom stereocenters. The number of thiazole rings is 1. The number of esters is 1. The fraction of sp³-hybridized carbons (Fsp3) is 0.219. The lowest BCUT2D eigenvalue weighted by molar-refractivity contribution is -0.384. The summed E-state index contributed by atoms with van der Waals surface area (Å²) < 4.78 is 29.8. The Kier molecular flexibility index (Phi) is 8.09. The van der Waals surface area contributed by atoms with Gasteiger partial charge in [-0.25, -0.2) is 9.79 Å². The Labute approximate surface area is 260 Å². The van der Waals surface area contributed by atoms with E-state index >= 15 is 0 Å². The van der Waals surface area contributed by atoms with Crippen LogP contribution in [0.2, 0.25) is 0 Å². The zero-order chi connectivity index (χ0) is 31.7. The van der Waals surface area contributed by atoms with Crippen LogP contribution in [0.1, 0.15) is 36.6 Å². The summed E-state index contributed by atoms with van der Waals surface area (Å²) in [5.74, 6) is 1.46. The highest BCUT2D eigenvalue weighted by Crippen LogP contribution is 2.38. The Balaban J connectivity index is 1.35. The van der Waals surface area contributed by atoms with Gasteiger partial charge >= 0.3 is 5.97 Å². The molecule has 0 fully saturated rings. The lowest BCUT2D eigenvalue weighted by atomic mass is 9.95. The largest absolute Gasteiger partial charge is 0.493 e. The van der Waals surface area contributed by atoms with Crippen molar-refractivity contribution in [1.29, 1.82) is 0 Å². The van der Waals surface area contributed by atoms with Gasteiger partial charge in [-0.2, -0.15) is 0 Å². The smallest absolute Gasteiger partial charge is 0.338 e. The van der Waals surface area contributed by atoms with Crippen molar-refractivity contribution in [3.8, 4) is 23.0 Å². The van der Waals surface area contributed by atoms with Crippen molar-refractivity contribution in [2.24, 2.45) is 4.99 Å². The molecule has 13 heteroatoms. The van der Waals surface area contributed by atoms with Crippen LogP contribution in [0.5, 0.6) is 23.0 Å². The van der Waals surface area contributed by atoms with Gasteiger partial charge in [0.05, 0.1) is 40.5 Å². The first-order valence-electron chi connectivity index (χ1n) is 13.9. The third-order valence-electron chi connectivity index (χ3n) is 7.26. The normalized spacial score (nSPS) is 15.4. The number of ether oxygens (including phenoxy) is 5. The molecule has 0 spiro atoms. The number of nitro benzene ring substituents is 1. The van der Waals surface area contributed by atoms with E-state index in [9.17, 15) is 19.7 Å². The standard InChI is InChI=1S/C32H27N3O9S/c1-4-41-31(37)28-18(2)33-32-34(29(28)21-8-12-24-26(15-21)44-17-43-24)30(36)27(45-32)14-20-7-11-23(25(13-20)40-3)42-16-19-5-9-22(10-6-19)35(38)39/h5-15,29H,4,16-17H2,1-3H3/b27-14+. The third-order valence-corrected chi connectivity index (χ3v) is 8.24. The van der Waals surface area contributed by atoms with Crippen LogP contribution < -0.4 is 33.8 Å². The molecule has 1 unspecified atom stereocenters. The molecule has 0 radical (unpaired) electrons. The quantitative estimate of drug-likeness (QED) is 0.153. The fourth-order valence-corrected chi connectivity index (χ4v) is 6.16. The van der Waals surface area contributed by atoms with E-state index in [0.29, 0.717) is 49.2 Å². The van der Waals surface area contributed by atoms with Crippen molar-refractivity contribution in [2.75, 3.05) is 20.5 Å². The average molecular weight is 630 g/mol. The number of methoxy groups -OCH3 is 1. The second kappa shape index (κ2) is 12.3. The molecular formula is C32H27N3O9S. The lowest BCUT2D eigenvalue weighted by Crippen LogP contribution is -2.39. The Hall–Kier alpha value is -5.43. The van der Waals surface area contributed by atoms with Gasteiger partial charge in [-0.1, -0.05) is 23.5 Å². The number of allylic oxidation sites excluding steroid dienone is 1. The van der Waals surface area contributed by atoms with Crippen LogP contribution >= 0.6 is 11.3 Å². The number of rotatable bonds is 9. The Morgan fingerprint density at radius 2 is 1.89 bits per heavy atom. The van der Waals surface area contributed by atoms with Crippen LogP contribution in [-0.2, 0) is 16.1 Å². The second-order valence-electron chi connectivity index (χ2n) is 10.0. The van der Waals surface area contributed by atoms with Gasteiger partial charge in [0.15, 0.2) is 27.8 Å². The number of carbonyl (C=O) groups excluding carboxylic acids is 1. The van der Waals surface area contributed by atoms with E-state index in [4.69, 9.17) is 23.7 Å². The first-order chi connectivity index (χ1) is 21.8. The average Bonchev–Trinajstić information content (AvgIpc) is 3.63. The number of fused-ring (bicyclic) bond motifs is 2. The van der Waals surface area contributed by atoms with Gasteiger partial charge < -0.3 is 23.7 Å². The highest BCUT2D eigenvalue weighted by molar-refractivity contribution is 7.07. The number of carbonyl (C=O) groups is 1. The van der Waals surface area contributed by atoms with Crippen molar-refractivity contribution in [2.45, 2.75) is 26.5 Å². The summed E-state index contributed by atoms with van der Waals surface area (Å²) in [5.41, 5.74) is 2.49. The summed E-state index contributed by atoms with van der Waals surface area (Å²) >= 11 is 1.21. The molecule has 0 amide bonds. The number of benzene rings is 3. The van der Waals surface area contributed by atoms with E-state index < -0.39 is 16.9 Å². The molecule has 0 bridgehead atoms. The molecule has 1 aromatic heterocycles. The van der Waals surface area contributed by atoms with Crippen LogP contribution in [-0.4, -0.2) is 36.0 Å². The molecule has 0 saturated heterocycles. The van der Waals surface area contributed by atoms with Crippen LogP contribution in [0.3, 0.4) is 0 Å². The Morgan fingerprint density at radius 3 is 2.62 bits per heavy atom. The predicted octanol–water partition coefficient (Wildman–Crippen LogP) is 4.02. The topological polar surface area (TPSA) is 141 Å². The van der Waals surface area contributed by atoms with Crippen molar-refractivity contribution in [1.82, 2.24) is 4.57 Å². The van der Waals surface area contributed by atoms with Gasteiger partial charge in [-0.15, -0.1) is 0 Å². The molecule has 45 heavy (non-hydrogen) atoms. The van der Waals surface area contributed by atoms with E-state index in [1.54, 1.807) is 68.5 Å².